The van der Waals surface area contributed by atoms with Gasteiger partial charge in [0.2, 0.25) is 0 Å². The SMILES string of the molecule is Cc1cnccc1C(O)CCc1ccnn1C. The molecule has 0 spiro atoms. The van der Waals surface area contributed by atoms with Gasteiger partial charge in [-0.15, -0.1) is 0 Å². The number of nitrogens with zero attached hydrogens (tertiary/aromatic N) is 3. The Morgan fingerprint density at radius 2 is 2.18 bits per heavy atom. The van der Waals surface area contributed by atoms with Crippen molar-refractivity contribution in [1.29, 1.82) is 0 Å². The number of aliphatic hydroxyl groups excluding tert-OH is 1. The standard InChI is InChI=1S/C13H17N3O/c1-10-9-14-7-6-12(10)13(17)4-3-11-5-8-15-16(11)2/h5-9,13,17H,3-4H2,1-2H3. The molecule has 4 heteroatoms. The fourth-order valence-corrected chi connectivity index (χ4v) is 1.94. The van der Waals surface area contributed by atoms with Crippen LogP contribution in [-0.4, -0.2) is 19.9 Å². The van der Waals surface area contributed by atoms with Gasteiger partial charge in [-0.3, -0.25) is 9.67 Å². The molecule has 0 saturated heterocycles. The van der Waals surface area contributed by atoms with Crippen LogP contribution in [0.15, 0.2) is 30.7 Å². The summed E-state index contributed by atoms with van der Waals surface area (Å²) in [5.41, 5.74) is 3.13. The van der Waals surface area contributed by atoms with E-state index in [0.717, 1.165) is 23.2 Å². The first-order valence-corrected chi connectivity index (χ1v) is 5.74. The normalized spacial score (nSPS) is 12.6. The van der Waals surface area contributed by atoms with Crippen LogP contribution in [0.2, 0.25) is 0 Å². The summed E-state index contributed by atoms with van der Waals surface area (Å²) in [6.45, 7) is 1.97. The number of hydrogen-bond acceptors (Lipinski definition) is 3. The van der Waals surface area contributed by atoms with E-state index in [0.29, 0.717) is 6.42 Å². The Balaban J connectivity index is 2.01. The molecule has 1 N–H and O–H groups in total. The predicted molar refractivity (Wildman–Crippen MR) is 65.5 cm³/mol. The lowest BCUT2D eigenvalue weighted by molar-refractivity contribution is 0.166. The van der Waals surface area contributed by atoms with Crippen molar-refractivity contribution in [2.45, 2.75) is 25.9 Å². The van der Waals surface area contributed by atoms with Gasteiger partial charge >= 0.3 is 0 Å². The van der Waals surface area contributed by atoms with Crippen molar-refractivity contribution in [2.24, 2.45) is 7.05 Å². The predicted octanol–water partition coefficient (Wildman–Crippen LogP) is 1.79. The largest absolute Gasteiger partial charge is 0.388 e. The first-order chi connectivity index (χ1) is 8.18. The van der Waals surface area contributed by atoms with Crippen molar-refractivity contribution in [2.75, 3.05) is 0 Å². The molecular formula is C13H17N3O. The van der Waals surface area contributed by atoms with E-state index in [4.69, 9.17) is 0 Å². The van der Waals surface area contributed by atoms with E-state index in [9.17, 15) is 5.11 Å². The maximum absolute atomic E-state index is 10.1. The fraction of sp³-hybridized carbons (Fsp3) is 0.385. The molecule has 0 bridgehead atoms. The first-order valence-electron chi connectivity index (χ1n) is 5.74. The maximum atomic E-state index is 10.1. The summed E-state index contributed by atoms with van der Waals surface area (Å²) in [5.74, 6) is 0. The summed E-state index contributed by atoms with van der Waals surface area (Å²) in [7, 11) is 1.92. The molecule has 0 aliphatic carbocycles. The van der Waals surface area contributed by atoms with Gasteiger partial charge in [0.05, 0.1) is 6.10 Å². The van der Waals surface area contributed by atoms with E-state index in [2.05, 4.69) is 10.1 Å². The molecule has 0 aliphatic rings. The van der Waals surface area contributed by atoms with Crippen molar-refractivity contribution in [3.05, 3.63) is 47.5 Å². The third-order valence-electron chi connectivity index (χ3n) is 3.02. The van der Waals surface area contributed by atoms with Gasteiger partial charge in [-0.2, -0.15) is 5.10 Å². The zero-order valence-electron chi connectivity index (χ0n) is 10.2. The molecule has 2 heterocycles. The third-order valence-corrected chi connectivity index (χ3v) is 3.02. The van der Waals surface area contributed by atoms with E-state index < -0.39 is 6.10 Å². The Kier molecular flexibility index (Phi) is 3.54. The van der Waals surface area contributed by atoms with E-state index in [1.165, 1.54) is 0 Å². The molecule has 1 unspecified atom stereocenters. The lowest BCUT2D eigenvalue weighted by atomic mass is 10.0. The van der Waals surface area contributed by atoms with Crippen LogP contribution in [0.1, 0.15) is 29.3 Å². The lowest BCUT2D eigenvalue weighted by Crippen LogP contribution is -2.05. The van der Waals surface area contributed by atoms with Crippen LogP contribution in [0.25, 0.3) is 0 Å². The van der Waals surface area contributed by atoms with Gasteiger partial charge in [0.15, 0.2) is 0 Å². The summed E-state index contributed by atoms with van der Waals surface area (Å²) in [5, 5.41) is 14.2. The highest BCUT2D eigenvalue weighted by atomic mass is 16.3. The number of aromatic nitrogens is 3. The van der Waals surface area contributed by atoms with Gasteiger partial charge in [0.25, 0.3) is 0 Å². The van der Waals surface area contributed by atoms with Crippen LogP contribution in [0.4, 0.5) is 0 Å². The summed E-state index contributed by atoms with van der Waals surface area (Å²) >= 11 is 0. The second-order valence-electron chi connectivity index (χ2n) is 4.23. The second-order valence-corrected chi connectivity index (χ2v) is 4.23. The third kappa shape index (κ3) is 2.71. The average Bonchev–Trinajstić information content (AvgIpc) is 2.72. The number of hydrogen-bond donors (Lipinski definition) is 1. The fourth-order valence-electron chi connectivity index (χ4n) is 1.94. The van der Waals surface area contributed by atoms with Crippen LogP contribution in [0.3, 0.4) is 0 Å². The topological polar surface area (TPSA) is 50.9 Å². The minimum atomic E-state index is -0.437. The van der Waals surface area contributed by atoms with Gasteiger partial charge in [-0.25, -0.2) is 0 Å². The molecule has 4 nitrogen and oxygen atoms in total. The van der Waals surface area contributed by atoms with Gasteiger partial charge < -0.3 is 5.11 Å². The van der Waals surface area contributed by atoms with Crippen LogP contribution in [0.5, 0.6) is 0 Å². The van der Waals surface area contributed by atoms with E-state index in [1.54, 1.807) is 18.6 Å². The Labute approximate surface area is 101 Å². The zero-order chi connectivity index (χ0) is 12.3. The monoisotopic (exact) mass is 231 g/mol. The first kappa shape index (κ1) is 11.8. The molecule has 17 heavy (non-hydrogen) atoms. The molecule has 90 valence electrons. The van der Waals surface area contributed by atoms with Crippen molar-refractivity contribution in [1.82, 2.24) is 14.8 Å². The average molecular weight is 231 g/mol. The molecule has 0 saturated carbocycles. The zero-order valence-corrected chi connectivity index (χ0v) is 10.2. The summed E-state index contributed by atoms with van der Waals surface area (Å²) in [4.78, 5) is 4.03. The molecular weight excluding hydrogens is 214 g/mol. The van der Waals surface area contributed by atoms with Gasteiger partial charge in [-0.1, -0.05) is 0 Å². The van der Waals surface area contributed by atoms with Crippen molar-refractivity contribution >= 4 is 0 Å². The van der Waals surface area contributed by atoms with Crippen LogP contribution in [0, 0.1) is 6.92 Å². The van der Waals surface area contributed by atoms with E-state index in [1.807, 2.05) is 30.8 Å². The molecule has 0 aliphatic heterocycles. The molecule has 2 aromatic rings. The Morgan fingerprint density at radius 1 is 1.35 bits per heavy atom. The molecule has 0 radical (unpaired) electrons. The van der Waals surface area contributed by atoms with Crippen molar-refractivity contribution < 1.29 is 5.11 Å². The highest BCUT2D eigenvalue weighted by Gasteiger charge is 2.11. The molecule has 0 amide bonds. The highest BCUT2D eigenvalue weighted by Crippen LogP contribution is 2.21. The summed E-state index contributed by atoms with van der Waals surface area (Å²) in [6, 6.07) is 3.86. The second kappa shape index (κ2) is 5.10. The molecule has 0 aromatic carbocycles. The molecule has 2 rings (SSSR count). The summed E-state index contributed by atoms with van der Waals surface area (Å²) in [6.07, 6.45) is 6.36. The molecule has 1 atom stereocenters. The minimum Gasteiger partial charge on any atom is -0.388 e. The maximum Gasteiger partial charge on any atom is 0.0797 e. The smallest absolute Gasteiger partial charge is 0.0797 e. The number of aryl methyl sites for hydroxylation is 3. The number of aliphatic hydroxyl groups is 1. The highest BCUT2D eigenvalue weighted by molar-refractivity contribution is 5.24. The Bertz CT molecular complexity index is 493. The van der Waals surface area contributed by atoms with Gasteiger partial charge in [0.1, 0.15) is 0 Å². The minimum absolute atomic E-state index is 0.437. The van der Waals surface area contributed by atoms with E-state index >= 15 is 0 Å². The van der Waals surface area contributed by atoms with Gasteiger partial charge in [0, 0.05) is 31.3 Å². The molecule has 2 aromatic heterocycles. The van der Waals surface area contributed by atoms with Crippen LogP contribution >= 0.6 is 0 Å². The Morgan fingerprint density at radius 3 is 2.82 bits per heavy atom. The Hall–Kier alpha value is -1.68. The quantitative estimate of drug-likeness (QED) is 0.872. The number of rotatable bonds is 4. The summed E-state index contributed by atoms with van der Waals surface area (Å²) < 4.78 is 1.84. The van der Waals surface area contributed by atoms with Crippen molar-refractivity contribution in [3.63, 3.8) is 0 Å². The molecule has 0 fully saturated rings. The van der Waals surface area contributed by atoms with Crippen LogP contribution < -0.4 is 0 Å². The van der Waals surface area contributed by atoms with Crippen molar-refractivity contribution in [3.8, 4) is 0 Å². The number of pyridine rings is 1. The van der Waals surface area contributed by atoms with Crippen LogP contribution in [-0.2, 0) is 13.5 Å². The van der Waals surface area contributed by atoms with E-state index in [-0.39, 0.29) is 0 Å². The lowest BCUT2D eigenvalue weighted by Gasteiger charge is -2.13. The van der Waals surface area contributed by atoms with Gasteiger partial charge in [-0.05, 0) is 43.0 Å².